The Kier molecular flexibility index (Phi) is 4.11. The maximum atomic E-state index is 6.51. The van der Waals surface area contributed by atoms with Crippen LogP contribution < -0.4 is 0 Å². The lowest BCUT2D eigenvalue weighted by Gasteiger charge is -2.43. The van der Waals surface area contributed by atoms with Gasteiger partial charge < -0.3 is 4.57 Å². The van der Waals surface area contributed by atoms with Crippen molar-refractivity contribution < 1.29 is 0 Å². The Morgan fingerprint density at radius 1 is 0.719 bits per heavy atom. The van der Waals surface area contributed by atoms with Gasteiger partial charge in [0.05, 0.1) is 16.7 Å². The van der Waals surface area contributed by atoms with Crippen LogP contribution in [0.3, 0.4) is 0 Å². The molecule has 0 spiro atoms. The van der Waals surface area contributed by atoms with E-state index in [-0.39, 0.29) is 10.8 Å². The third-order valence-corrected chi connectivity index (χ3v) is 7.92. The summed E-state index contributed by atoms with van der Waals surface area (Å²) in [5.41, 5.74) is 7.03. The van der Waals surface area contributed by atoms with Gasteiger partial charge in [-0.3, -0.25) is 0 Å². The molecule has 0 bridgehead atoms. The van der Waals surface area contributed by atoms with Crippen LogP contribution in [0, 0.1) is 0 Å². The number of fused-ring (bicyclic) bond motifs is 6. The predicted molar refractivity (Wildman–Crippen MR) is 139 cm³/mol. The summed E-state index contributed by atoms with van der Waals surface area (Å²) in [6, 6.07) is 26.4. The van der Waals surface area contributed by atoms with Crippen molar-refractivity contribution in [3.8, 4) is 5.69 Å². The Morgan fingerprint density at radius 3 is 2.31 bits per heavy atom. The summed E-state index contributed by atoms with van der Waals surface area (Å²) < 4.78 is 2.48. The minimum Gasteiger partial charge on any atom is -0.309 e. The summed E-state index contributed by atoms with van der Waals surface area (Å²) >= 11 is 6.51. The van der Waals surface area contributed by atoms with Gasteiger partial charge in [0.25, 0.3) is 0 Å². The molecule has 1 aliphatic rings. The van der Waals surface area contributed by atoms with Crippen molar-refractivity contribution in [1.29, 1.82) is 0 Å². The predicted octanol–water partition coefficient (Wildman–Crippen LogP) is 8.94. The van der Waals surface area contributed by atoms with Gasteiger partial charge in [0.2, 0.25) is 0 Å². The molecule has 0 unspecified atom stereocenters. The zero-order valence-electron chi connectivity index (χ0n) is 19.2. The average molecular weight is 438 g/mol. The molecule has 0 fully saturated rings. The van der Waals surface area contributed by atoms with E-state index in [4.69, 9.17) is 11.6 Å². The van der Waals surface area contributed by atoms with Crippen LogP contribution in [0.25, 0.3) is 38.3 Å². The standard InChI is InChI=1S/C30H28ClN/c1-29(2)16-17-30(3,4)28-23(29)10-7-11-26(28)32-24-15-13-20(31)18-22(24)27-21-9-6-5-8-19(21)12-14-25(27)32/h5-15,18H,16-17H2,1-4H3. The van der Waals surface area contributed by atoms with E-state index in [1.54, 1.807) is 0 Å². The number of hydrogen-bond donors (Lipinski definition) is 0. The highest BCUT2D eigenvalue weighted by atomic mass is 35.5. The highest BCUT2D eigenvalue weighted by Crippen LogP contribution is 2.49. The summed E-state index contributed by atoms with van der Waals surface area (Å²) in [6.07, 6.45) is 2.40. The summed E-state index contributed by atoms with van der Waals surface area (Å²) in [5.74, 6) is 0. The van der Waals surface area contributed by atoms with E-state index in [2.05, 4.69) is 99.0 Å². The van der Waals surface area contributed by atoms with Gasteiger partial charge >= 0.3 is 0 Å². The zero-order valence-corrected chi connectivity index (χ0v) is 19.9. The second-order valence-electron chi connectivity index (χ2n) is 10.6. The van der Waals surface area contributed by atoms with Crippen molar-refractivity contribution in [1.82, 2.24) is 4.57 Å². The maximum Gasteiger partial charge on any atom is 0.0547 e. The van der Waals surface area contributed by atoms with Crippen molar-refractivity contribution >= 4 is 44.2 Å². The molecule has 1 aromatic heterocycles. The van der Waals surface area contributed by atoms with Gasteiger partial charge in [-0.05, 0) is 75.9 Å². The quantitative estimate of drug-likeness (QED) is 0.246. The van der Waals surface area contributed by atoms with Gasteiger partial charge in [-0.15, -0.1) is 0 Å². The minimum absolute atomic E-state index is 0.119. The van der Waals surface area contributed by atoms with Crippen LogP contribution in [-0.2, 0) is 10.8 Å². The number of rotatable bonds is 1. The zero-order chi connectivity index (χ0) is 22.3. The third-order valence-electron chi connectivity index (χ3n) is 7.68. The number of aromatic nitrogens is 1. The van der Waals surface area contributed by atoms with Crippen molar-refractivity contribution in [3.63, 3.8) is 0 Å². The van der Waals surface area contributed by atoms with E-state index in [9.17, 15) is 0 Å². The fourth-order valence-electron chi connectivity index (χ4n) is 5.91. The van der Waals surface area contributed by atoms with E-state index < -0.39 is 0 Å². The van der Waals surface area contributed by atoms with Crippen LogP contribution in [0.5, 0.6) is 0 Å². The fourth-order valence-corrected chi connectivity index (χ4v) is 6.08. The van der Waals surface area contributed by atoms with E-state index in [1.807, 2.05) is 6.07 Å². The summed E-state index contributed by atoms with van der Waals surface area (Å²) in [5, 5.41) is 5.82. The number of halogens is 1. The minimum atomic E-state index is 0.119. The molecular weight excluding hydrogens is 410 g/mol. The molecule has 0 amide bonds. The first-order valence-corrected chi connectivity index (χ1v) is 11.9. The van der Waals surface area contributed by atoms with Gasteiger partial charge in [-0.1, -0.05) is 81.8 Å². The van der Waals surface area contributed by atoms with Crippen molar-refractivity contribution in [2.45, 2.75) is 51.4 Å². The fraction of sp³-hybridized carbons (Fsp3) is 0.267. The number of hydrogen-bond acceptors (Lipinski definition) is 0. The molecule has 2 heteroatoms. The van der Waals surface area contributed by atoms with Crippen LogP contribution in [0.4, 0.5) is 0 Å². The highest BCUT2D eigenvalue weighted by molar-refractivity contribution is 6.32. The normalized spacial score (nSPS) is 17.2. The van der Waals surface area contributed by atoms with Gasteiger partial charge in [0.1, 0.15) is 0 Å². The van der Waals surface area contributed by atoms with Crippen molar-refractivity contribution in [2.24, 2.45) is 0 Å². The molecule has 5 aromatic rings. The highest BCUT2D eigenvalue weighted by Gasteiger charge is 2.39. The van der Waals surface area contributed by atoms with Gasteiger partial charge in [0, 0.05) is 15.8 Å². The van der Waals surface area contributed by atoms with Gasteiger partial charge in [-0.25, -0.2) is 0 Å². The largest absolute Gasteiger partial charge is 0.309 e. The van der Waals surface area contributed by atoms with E-state index >= 15 is 0 Å². The molecule has 0 aliphatic heterocycles. The topological polar surface area (TPSA) is 4.93 Å². The first kappa shape index (κ1) is 19.9. The van der Waals surface area contributed by atoms with Gasteiger partial charge in [0.15, 0.2) is 0 Å². The van der Waals surface area contributed by atoms with Crippen LogP contribution in [0.1, 0.15) is 51.7 Å². The van der Waals surface area contributed by atoms with Crippen LogP contribution in [0.2, 0.25) is 5.02 Å². The van der Waals surface area contributed by atoms with E-state index in [0.717, 1.165) is 5.02 Å². The number of nitrogens with zero attached hydrogens (tertiary/aromatic N) is 1. The first-order chi connectivity index (χ1) is 15.3. The Hall–Kier alpha value is -2.77. The summed E-state index contributed by atoms with van der Waals surface area (Å²) in [6.45, 7) is 9.60. The third kappa shape index (κ3) is 2.70. The molecule has 0 radical (unpaired) electrons. The first-order valence-electron chi connectivity index (χ1n) is 11.5. The molecule has 0 atom stereocenters. The van der Waals surface area contributed by atoms with Crippen molar-refractivity contribution in [2.75, 3.05) is 0 Å². The molecule has 0 saturated carbocycles. The summed E-state index contributed by atoms with van der Waals surface area (Å²) in [7, 11) is 0. The Morgan fingerprint density at radius 2 is 1.47 bits per heavy atom. The van der Waals surface area contributed by atoms with E-state index in [1.165, 1.54) is 62.2 Å². The molecule has 1 nitrogen and oxygen atoms in total. The molecule has 1 aliphatic carbocycles. The van der Waals surface area contributed by atoms with Crippen LogP contribution in [0.15, 0.2) is 72.8 Å². The average Bonchev–Trinajstić information content (AvgIpc) is 3.10. The van der Waals surface area contributed by atoms with Crippen LogP contribution >= 0.6 is 11.6 Å². The Balaban J connectivity index is 1.82. The van der Waals surface area contributed by atoms with Crippen molar-refractivity contribution in [3.05, 3.63) is 88.9 Å². The molecular formula is C30H28ClN. The molecule has 4 aromatic carbocycles. The summed E-state index contributed by atoms with van der Waals surface area (Å²) in [4.78, 5) is 0. The Bertz CT molecular complexity index is 1530. The van der Waals surface area contributed by atoms with Crippen LogP contribution in [-0.4, -0.2) is 4.57 Å². The monoisotopic (exact) mass is 437 g/mol. The molecule has 6 rings (SSSR count). The smallest absolute Gasteiger partial charge is 0.0547 e. The Labute approximate surface area is 194 Å². The SMILES string of the molecule is CC1(C)CCC(C)(C)c2c(-n3c4ccc(Cl)cc4c4c5ccccc5ccc43)cccc21. The lowest BCUT2D eigenvalue weighted by molar-refractivity contribution is 0.331. The lowest BCUT2D eigenvalue weighted by Crippen LogP contribution is -2.35. The second-order valence-corrected chi connectivity index (χ2v) is 11.1. The lowest BCUT2D eigenvalue weighted by atomic mass is 9.62. The molecule has 160 valence electrons. The molecule has 32 heavy (non-hydrogen) atoms. The van der Waals surface area contributed by atoms with E-state index in [0.29, 0.717) is 0 Å². The number of benzene rings is 4. The molecule has 0 N–H and O–H groups in total. The molecule has 0 saturated heterocycles. The molecule has 1 heterocycles. The van der Waals surface area contributed by atoms with Gasteiger partial charge in [-0.2, -0.15) is 0 Å². The maximum absolute atomic E-state index is 6.51. The second kappa shape index (κ2) is 6.62.